The number of hydrogen-bond acceptors (Lipinski definition) is 6. The number of ether oxygens (including phenoxy) is 2. The van der Waals surface area contributed by atoms with E-state index in [1.54, 1.807) is 14.0 Å². The molecule has 0 bridgehead atoms. The first-order valence-electron chi connectivity index (χ1n) is 8.56. The van der Waals surface area contributed by atoms with Crippen LogP contribution in [-0.4, -0.2) is 34.5 Å². The highest BCUT2D eigenvalue weighted by atomic mass is 32.2. The third-order valence-electron chi connectivity index (χ3n) is 4.01. The fourth-order valence-electron chi connectivity index (χ4n) is 2.68. The van der Waals surface area contributed by atoms with Gasteiger partial charge in [0.15, 0.2) is 11.0 Å². The van der Waals surface area contributed by atoms with Crippen molar-refractivity contribution in [3.8, 4) is 17.1 Å². The minimum atomic E-state index is -0.514. The van der Waals surface area contributed by atoms with E-state index in [2.05, 4.69) is 10.2 Å². The van der Waals surface area contributed by atoms with Crippen LogP contribution in [0.25, 0.3) is 11.4 Å². The van der Waals surface area contributed by atoms with Gasteiger partial charge in [-0.05, 0) is 24.6 Å². The van der Waals surface area contributed by atoms with Crippen molar-refractivity contribution >= 4 is 17.7 Å². The molecule has 0 amide bonds. The standard InChI is InChI=1S/C20H21N3O3S/c1-4-26-19(24)17(14-10-6-5-7-11-14)27-20-22-21-18(23(20)2)15-12-8-9-13-16(15)25-3/h5-13,17H,4H2,1-3H3/t17-/m0/s1. The van der Waals surface area contributed by atoms with Gasteiger partial charge in [-0.3, -0.25) is 4.79 Å². The molecule has 27 heavy (non-hydrogen) atoms. The normalized spacial score (nSPS) is 11.8. The van der Waals surface area contributed by atoms with E-state index >= 15 is 0 Å². The van der Waals surface area contributed by atoms with Gasteiger partial charge in [0.2, 0.25) is 0 Å². The molecule has 1 heterocycles. The number of aromatic nitrogens is 3. The molecule has 3 rings (SSSR count). The molecule has 7 heteroatoms. The van der Waals surface area contributed by atoms with Crippen LogP contribution in [0.15, 0.2) is 59.8 Å². The summed E-state index contributed by atoms with van der Waals surface area (Å²) in [5.74, 6) is 1.09. The minimum Gasteiger partial charge on any atom is -0.496 e. The molecule has 0 spiro atoms. The van der Waals surface area contributed by atoms with Gasteiger partial charge < -0.3 is 14.0 Å². The van der Waals surface area contributed by atoms with Crippen molar-refractivity contribution in [2.45, 2.75) is 17.3 Å². The summed E-state index contributed by atoms with van der Waals surface area (Å²) in [4.78, 5) is 12.5. The molecule has 0 radical (unpaired) electrons. The van der Waals surface area contributed by atoms with E-state index in [9.17, 15) is 4.79 Å². The van der Waals surface area contributed by atoms with Gasteiger partial charge in [-0.25, -0.2) is 0 Å². The first kappa shape index (κ1) is 19.0. The van der Waals surface area contributed by atoms with Gasteiger partial charge in [-0.15, -0.1) is 10.2 Å². The summed E-state index contributed by atoms with van der Waals surface area (Å²) >= 11 is 1.32. The third kappa shape index (κ3) is 4.14. The lowest BCUT2D eigenvalue weighted by Crippen LogP contribution is -2.14. The zero-order valence-corrected chi connectivity index (χ0v) is 16.3. The van der Waals surface area contributed by atoms with E-state index in [-0.39, 0.29) is 5.97 Å². The zero-order valence-electron chi connectivity index (χ0n) is 15.5. The molecule has 2 aromatic carbocycles. The van der Waals surface area contributed by atoms with E-state index in [0.29, 0.717) is 17.6 Å². The van der Waals surface area contributed by atoms with Gasteiger partial charge in [0.1, 0.15) is 11.0 Å². The van der Waals surface area contributed by atoms with Crippen molar-refractivity contribution in [2.75, 3.05) is 13.7 Å². The highest BCUT2D eigenvalue weighted by Crippen LogP contribution is 2.37. The first-order valence-corrected chi connectivity index (χ1v) is 9.44. The van der Waals surface area contributed by atoms with Crippen LogP contribution >= 0.6 is 11.8 Å². The second kappa shape index (κ2) is 8.73. The van der Waals surface area contributed by atoms with E-state index in [1.807, 2.05) is 66.2 Å². The van der Waals surface area contributed by atoms with Crippen molar-refractivity contribution in [1.29, 1.82) is 0 Å². The molecule has 0 saturated carbocycles. The lowest BCUT2D eigenvalue weighted by atomic mass is 10.1. The van der Waals surface area contributed by atoms with Crippen LogP contribution in [0.1, 0.15) is 17.7 Å². The molecule has 0 unspecified atom stereocenters. The Kier molecular flexibility index (Phi) is 6.13. The van der Waals surface area contributed by atoms with Crippen molar-refractivity contribution in [3.05, 3.63) is 60.2 Å². The second-order valence-corrected chi connectivity index (χ2v) is 6.80. The Balaban J connectivity index is 1.94. The van der Waals surface area contributed by atoms with E-state index in [1.165, 1.54) is 11.8 Å². The molecular formula is C20H21N3O3S. The maximum absolute atomic E-state index is 12.5. The molecule has 1 atom stereocenters. The van der Waals surface area contributed by atoms with Gasteiger partial charge in [0, 0.05) is 7.05 Å². The summed E-state index contributed by atoms with van der Waals surface area (Å²) in [6, 6.07) is 17.2. The third-order valence-corrected chi connectivity index (χ3v) is 5.28. The maximum Gasteiger partial charge on any atom is 0.324 e. The number of nitrogens with zero attached hydrogens (tertiary/aromatic N) is 3. The van der Waals surface area contributed by atoms with Gasteiger partial charge in [-0.2, -0.15) is 0 Å². The predicted octanol–water partition coefficient (Wildman–Crippen LogP) is 3.89. The minimum absolute atomic E-state index is 0.296. The molecule has 0 N–H and O–H groups in total. The lowest BCUT2D eigenvalue weighted by molar-refractivity contribution is -0.142. The summed E-state index contributed by atoms with van der Waals surface area (Å²) in [5.41, 5.74) is 1.71. The highest BCUT2D eigenvalue weighted by molar-refractivity contribution is 8.00. The average Bonchev–Trinajstić information content (AvgIpc) is 3.07. The van der Waals surface area contributed by atoms with Crippen molar-refractivity contribution in [2.24, 2.45) is 7.05 Å². The van der Waals surface area contributed by atoms with E-state index in [4.69, 9.17) is 9.47 Å². The Labute approximate surface area is 162 Å². The number of carbonyl (C=O) groups is 1. The van der Waals surface area contributed by atoms with Gasteiger partial charge in [0.25, 0.3) is 0 Å². The molecule has 0 aliphatic carbocycles. The number of benzene rings is 2. The van der Waals surface area contributed by atoms with Gasteiger partial charge >= 0.3 is 5.97 Å². The van der Waals surface area contributed by atoms with Crippen molar-refractivity contribution in [3.63, 3.8) is 0 Å². The number of carbonyl (C=O) groups excluding carboxylic acids is 1. The number of rotatable bonds is 7. The first-order chi connectivity index (χ1) is 13.2. The average molecular weight is 383 g/mol. The van der Waals surface area contributed by atoms with E-state index in [0.717, 1.165) is 16.9 Å². The number of para-hydroxylation sites is 1. The summed E-state index contributed by atoms with van der Waals surface area (Å²) in [6.07, 6.45) is 0. The van der Waals surface area contributed by atoms with Crippen molar-refractivity contribution in [1.82, 2.24) is 14.8 Å². The molecule has 0 saturated heterocycles. The molecule has 140 valence electrons. The Morgan fingerprint density at radius 2 is 1.81 bits per heavy atom. The molecule has 6 nitrogen and oxygen atoms in total. The number of methoxy groups -OCH3 is 1. The SMILES string of the molecule is CCOC(=O)[C@@H](Sc1nnc(-c2ccccc2OC)n1C)c1ccccc1. The quantitative estimate of drug-likeness (QED) is 0.456. The van der Waals surface area contributed by atoms with E-state index < -0.39 is 5.25 Å². The smallest absolute Gasteiger partial charge is 0.324 e. The van der Waals surface area contributed by atoms with Crippen LogP contribution in [0.3, 0.4) is 0 Å². The second-order valence-electron chi connectivity index (χ2n) is 5.73. The Bertz CT molecular complexity index is 912. The van der Waals surface area contributed by atoms with Crippen LogP contribution in [0.4, 0.5) is 0 Å². The topological polar surface area (TPSA) is 66.2 Å². The van der Waals surface area contributed by atoms with Gasteiger partial charge in [0.05, 0.1) is 19.3 Å². The molecule has 1 aromatic heterocycles. The number of esters is 1. The Morgan fingerprint density at radius 3 is 2.52 bits per heavy atom. The fourth-order valence-corrected chi connectivity index (χ4v) is 3.69. The fraction of sp³-hybridized carbons (Fsp3) is 0.250. The lowest BCUT2D eigenvalue weighted by Gasteiger charge is -2.15. The van der Waals surface area contributed by atoms with Gasteiger partial charge in [-0.1, -0.05) is 54.2 Å². The summed E-state index contributed by atoms with van der Waals surface area (Å²) in [5, 5.41) is 8.70. The summed E-state index contributed by atoms with van der Waals surface area (Å²) in [7, 11) is 3.49. The zero-order chi connectivity index (χ0) is 19.2. The predicted molar refractivity (Wildman–Crippen MR) is 105 cm³/mol. The van der Waals surface area contributed by atoms with Crippen LogP contribution in [0, 0.1) is 0 Å². The molecule has 0 aliphatic rings. The highest BCUT2D eigenvalue weighted by Gasteiger charge is 2.26. The van der Waals surface area contributed by atoms with Crippen LogP contribution in [-0.2, 0) is 16.6 Å². The Hall–Kier alpha value is -2.80. The van der Waals surface area contributed by atoms with Crippen LogP contribution in [0.2, 0.25) is 0 Å². The molecule has 0 aliphatic heterocycles. The molecule has 3 aromatic rings. The largest absolute Gasteiger partial charge is 0.496 e. The molecular weight excluding hydrogens is 362 g/mol. The maximum atomic E-state index is 12.5. The monoisotopic (exact) mass is 383 g/mol. The summed E-state index contributed by atoms with van der Waals surface area (Å²) in [6.45, 7) is 2.13. The molecule has 0 fully saturated rings. The van der Waals surface area contributed by atoms with Crippen molar-refractivity contribution < 1.29 is 14.3 Å². The number of hydrogen-bond donors (Lipinski definition) is 0. The summed E-state index contributed by atoms with van der Waals surface area (Å²) < 4.78 is 12.5. The van der Waals surface area contributed by atoms with Crippen LogP contribution < -0.4 is 4.74 Å². The number of thioether (sulfide) groups is 1. The Morgan fingerprint density at radius 1 is 1.11 bits per heavy atom. The van der Waals surface area contributed by atoms with Crippen LogP contribution in [0.5, 0.6) is 5.75 Å².